The Balaban J connectivity index is 1.39. The van der Waals surface area contributed by atoms with E-state index in [9.17, 15) is 4.79 Å². The van der Waals surface area contributed by atoms with E-state index in [-0.39, 0.29) is 6.03 Å². The van der Waals surface area contributed by atoms with Crippen LogP contribution < -0.4 is 5.32 Å². The molecule has 6 heteroatoms. The van der Waals surface area contributed by atoms with Gasteiger partial charge in [-0.15, -0.1) is 0 Å². The van der Waals surface area contributed by atoms with E-state index in [1.807, 2.05) is 28.9 Å². The molecule has 128 valence electrons. The zero-order chi connectivity index (χ0) is 16.5. The van der Waals surface area contributed by atoms with Gasteiger partial charge in [-0.25, -0.2) is 9.78 Å². The number of halogens is 1. The minimum absolute atomic E-state index is 0.0551. The summed E-state index contributed by atoms with van der Waals surface area (Å²) >= 11 is 5.99. The first-order valence-corrected chi connectivity index (χ1v) is 9.26. The van der Waals surface area contributed by atoms with Gasteiger partial charge in [0.15, 0.2) is 0 Å². The Morgan fingerprint density at radius 3 is 2.88 bits per heavy atom. The van der Waals surface area contributed by atoms with Crippen LogP contribution in [0.1, 0.15) is 44.2 Å². The first kappa shape index (κ1) is 15.8. The molecule has 1 unspecified atom stereocenters. The number of amides is 2. The Morgan fingerprint density at radius 2 is 2.04 bits per heavy atom. The van der Waals surface area contributed by atoms with Crippen LogP contribution in [-0.4, -0.2) is 32.9 Å². The van der Waals surface area contributed by atoms with E-state index >= 15 is 0 Å². The highest BCUT2D eigenvalue weighted by Gasteiger charge is 2.35. The third kappa shape index (κ3) is 3.09. The van der Waals surface area contributed by atoms with Crippen LogP contribution >= 0.6 is 11.6 Å². The summed E-state index contributed by atoms with van der Waals surface area (Å²) in [5.74, 6) is 0.704. The van der Waals surface area contributed by atoms with Gasteiger partial charge in [0.1, 0.15) is 5.65 Å². The number of carbonyl (C=O) groups is 1. The lowest BCUT2D eigenvalue weighted by atomic mass is 9.96. The lowest BCUT2D eigenvalue weighted by molar-refractivity contribution is 0.172. The second kappa shape index (κ2) is 6.63. The highest BCUT2D eigenvalue weighted by Crippen LogP contribution is 2.35. The van der Waals surface area contributed by atoms with Crippen molar-refractivity contribution in [3.8, 4) is 0 Å². The molecule has 1 saturated heterocycles. The van der Waals surface area contributed by atoms with E-state index in [1.165, 1.54) is 25.7 Å². The SMILES string of the molecule is O=C(NCc1cn2cc(Cl)ccc2n1)N1CCCC1C1CCCC1. The molecule has 0 spiro atoms. The topological polar surface area (TPSA) is 49.6 Å². The molecule has 2 fully saturated rings. The van der Waals surface area contributed by atoms with Crippen molar-refractivity contribution < 1.29 is 4.79 Å². The number of urea groups is 1. The predicted molar refractivity (Wildman–Crippen MR) is 94.1 cm³/mol. The number of likely N-dealkylation sites (tertiary alicyclic amines) is 1. The van der Waals surface area contributed by atoms with Gasteiger partial charge < -0.3 is 14.6 Å². The van der Waals surface area contributed by atoms with Gasteiger partial charge in [-0.3, -0.25) is 0 Å². The van der Waals surface area contributed by atoms with Gasteiger partial charge in [-0.1, -0.05) is 24.4 Å². The summed E-state index contributed by atoms with van der Waals surface area (Å²) < 4.78 is 1.89. The lowest BCUT2D eigenvalue weighted by Gasteiger charge is -2.29. The van der Waals surface area contributed by atoms with Crippen LogP contribution in [0.15, 0.2) is 24.5 Å². The molecule has 1 N–H and O–H groups in total. The quantitative estimate of drug-likeness (QED) is 0.917. The number of fused-ring (bicyclic) bond motifs is 1. The smallest absolute Gasteiger partial charge is 0.317 e. The van der Waals surface area contributed by atoms with Crippen LogP contribution in [0.2, 0.25) is 5.02 Å². The third-order valence-electron chi connectivity index (χ3n) is 5.39. The molecule has 1 aliphatic carbocycles. The number of aromatic nitrogens is 2. The van der Waals surface area contributed by atoms with Gasteiger partial charge in [0.2, 0.25) is 0 Å². The van der Waals surface area contributed by atoms with Crippen LogP contribution in [-0.2, 0) is 6.54 Å². The molecule has 3 heterocycles. The second-order valence-electron chi connectivity index (χ2n) is 6.95. The number of imidazole rings is 1. The molecule has 4 rings (SSSR count). The first-order chi connectivity index (χ1) is 11.7. The third-order valence-corrected chi connectivity index (χ3v) is 5.61. The van der Waals surface area contributed by atoms with E-state index in [2.05, 4.69) is 15.2 Å². The summed E-state index contributed by atoms with van der Waals surface area (Å²) in [6.07, 6.45) is 11.2. The van der Waals surface area contributed by atoms with Crippen molar-refractivity contribution in [3.05, 3.63) is 35.2 Å². The van der Waals surface area contributed by atoms with E-state index in [1.54, 1.807) is 0 Å². The van der Waals surface area contributed by atoms with Crippen molar-refractivity contribution in [2.24, 2.45) is 5.92 Å². The average Bonchev–Trinajstić information content (AvgIpc) is 3.30. The summed E-state index contributed by atoms with van der Waals surface area (Å²) in [7, 11) is 0. The summed E-state index contributed by atoms with van der Waals surface area (Å²) in [5, 5.41) is 3.72. The van der Waals surface area contributed by atoms with Gasteiger partial charge in [0, 0.05) is 25.0 Å². The van der Waals surface area contributed by atoms with Crippen molar-refractivity contribution in [2.75, 3.05) is 6.54 Å². The lowest BCUT2D eigenvalue weighted by Crippen LogP contribution is -2.45. The van der Waals surface area contributed by atoms with Gasteiger partial charge in [0.25, 0.3) is 0 Å². The first-order valence-electron chi connectivity index (χ1n) is 8.88. The van der Waals surface area contributed by atoms with Crippen molar-refractivity contribution in [1.82, 2.24) is 19.6 Å². The number of nitrogens with one attached hydrogen (secondary N) is 1. The molecule has 2 amide bonds. The molecule has 1 aliphatic heterocycles. The van der Waals surface area contributed by atoms with E-state index in [4.69, 9.17) is 11.6 Å². The highest BCUT2D eigenvalue weighted by atomic mass is 35.5. The van der Waals surface area contributed by atoms with E-state index in [0.29, 0.717) is 23.5 Å². The van der Waals surface area contributed by atoms with E-state index in [0.717, 1.165) is 30.7 Å². The number of hydrogen-bond acceptors (Lipinski definition) is 2. The van der Waals surface area contributed by atoms with Crippen LogP contribution in [0.25, 0.3) is 5.65 Å². The molecule has 1 saturated carbocycles. The maximum Gasteiger partial charge on any atom is 0.317 e. The fourth-order valence-electron chi connectivity index (χ4n) is 4.25. The van der Waals surface area contributed by atoms with Crippen molar-refractivity contribution in [2.45, 2.75) is 51.1 Å². The number of rotatable bonds is 3. The van der Waals surface area contributed by atoms with E-state index < -0.39 is 0 Å². The Hall–Kier alpha value is -1.75. The molecule has 5 nitrogen and oxygen atoms in total. The normalized spacial score (nSPS) is 21.7. The van der Waals surface area contributed by atoms with Crippen molar-refractivity contribution >= 4 is 23.3 Å². The summed E-state index contributed by atoms with van der Waals surface area (Å²) in [6.45, 7) is 1.33. The maximum atomic E-state index is 12.6. The molecule has 0 aromatic carbocycles. The minimum atomic E-state index is 0.0551. The highest BCUT2D eigenvalue weighted by molar-refractivity contribution is 6.30. The molecule has 2 aliphatic rings. The minimum Gasteiger partial charge on any atom is -0.332 e. The number of pyridine rings is 1. The molecule has 2 aromatic rings. The van der Waals surface area contributed by atoms with Crippen molar-refractivity contribution in [1.29, 1.82) is 0 Å². The number of nitrogens with zero attached hydrogens (tertiary/aromatic N) is 3. The maximum absolute atomic E-state index is 12.6. The Morgan fingerprint density at radius 1 is 1.21 bits per heavy atom. The monoisotopic (exact) mass is 346 g/mol. The Kier molecular flexibility index (Phi) is 4.35. The van der Waals surface area contributed by atoms with Crippen LogP contribution in [0, 0.1) is 5.92 Å². The molecule has 0 radical (unpaired) electrons. The molecule has 0 bridgehead atoms. The number of hydrogen-bond donors (Lipinski definition) is 1. The largest absolute Gasteiger partial charge is 0.332 e. The predicted octanol–water partition coefficient (Wildman–Crippen LogP) is 3.85. The van der Waals surface area contributed by atoms with Gasteiger partial charge in [-0.2, -0.15) is 0 Å². The van der Waals surface area contributed by atoms with Crippen LogP contribution in [0.4, 0.5) is 4.79 Å². The fraction of sp³-hybridized carbons (Fsp3) is 0.556. The standard InChI is InChI=1S/C18H23ClN4O/c19-14-7-8-17-21-15(12-22(17)11-14)10-20-18(24)23-9-3-6-16(23)13-4-1-2-5-13/h7-8,11-13,16H,1-6,9-10H2,(H,20,24). The molecule has 1 atom stereocenters. The summed E-state index contributed by atoms with van der Waals surface area (Å²) in [4.78, 5) is 19.2. The summed E-state index contributed by atoms with van der Waals surface area (Å²) in [5.41, 5.74) is 1.69. The van der Waals surface area contributed by atoms with Gasteiger partial charge >= 0.3 is 6.03 Å². The zero-order valence-electron chi connectivity index (χ0n) is 13.7. The van der Waals surface area contributed by atoms with Gasteiger partial charge in [-0.05, 0) is 43.7 Å². The zero-order valence-corrected chi connectivity index (χ0v) is 14.5. The van der Waals surface area contributed by atoms with Crippen molar-refractivity contribution in [3.63, 3.8) is 0 Å². The molecule has 2 aromatic heterocycles. The Bertz CT molecular complexity index is 738. The Labute approximate surface area is 147 Å². The summed E-state index contributed by atoms with van der Waals surface area (Å²) in [6, 6.07) is 4.19. The molecular formula is C18H23ClN4O. The van der Waals surface area contributed by atoms with Gasteiger partial charge in [0.05, 0.1) is 17.3 Å². The van der Waals surface area contributed by atoms with Crippen LogP contribution in [0.3, 0.4) is 0 Å². The molecular weight excluding hydrogens is 324 g/mol. The second-order valence-corrected chi connectivity index (χ2v) is 7.39. The molecule has 24 heavy (non-hydrogen) atoms. The van der Waals surface area contributed by atoms with Crippen LogP contribution in [0.5, 0.6) is 0 Å². The average molecular weight is 347 g/mol. The fourth-order valence-corrected chi connectivity index (χ4v) is 4.42. The number of carbonyl (C=O) groups excluding carboxylic acids is 1.